The van der Waals surface area contributed by atoms with Crippen LogP contribution in [0, 0.1) is 3.57 Å². The molecule has 4 rings (SSSR count). The molecule has 0 radical (unpaired) electrons. The van der Waals surface area contributed by atoms with Gasteiger partial charge in [-0.2, -0.15) is 0 Å². The second-order valence-electron chi connectivity index (χ2n) is 9.09. The number of hydrogen-bond donors (Lipinski definition) is 0. The van der Waals surface area contributed by atoms with E-state index in [0.717, 1.165) is 46.5 Å². The lowest BCUT2D eigenvalue weighted by Gasteiger charge is -2.41. The van der Waals surface area contributed by atoms with Crippen LogP contribution in [0.3, 0.4) is 0 Å². The van der Waals surface area contributed by atoms with Gasteiger partial charge in [0.05, 0.1) is 5.39 Å². The van der Waals surface area contributed by atoms with Crippen molar-refractivity contribution in [1.29, 1.82) is 0 Å². The molecule has 0 saturated carbocycles. The Balaban J connectivity index is 1.58. The monoisotopic (exact) mass is 527 g/mol. The van der Waals surface area contributed by atoms with Gasteiger partial charge in [-0.05, 0) is 63.1 Å². The Kier molecular flexibility index (Phi) is 6.11. The average Bonchev–Trinajstić information content (AvgIpc) is 3.04. The van der Waals surface area contributed by atoms with Gasteiger partial charge >= 0.3 is 6.09 Å². The summed E-state index contributed by atoms with van der Waals surface area (Å²) in [6.45, 7) is 11.3. The lowest BCUT2D eigenvalue weighted by atomic mass is 10.1. The van der Waals surface area contributed by atoms with E-state index in [2.05, 4.69) is 55.1 Å². The molecule has 8 nitrogen and oxygen atoms in total. The van der Waals surface area contributed by atoms with Crippen molar-refractivity contribution in [1.82, 2.24) is 19.4 Å². The first-order chi connectivity index (χ1) is 14.2. The summed E-state index contributed by atoms with van der Waals surface area (Å²) in [7, 11) is 0. The lowest BCUT2D eigenvalue weighted by molar-refractivity contribution is 0.0218. The Morgan fingerprint density at radius 2 is 1.97 bits per heavy atom. The van der Waals surface area contributed by atoms with Crippen molar-refractivity contribution in [2.75, 3.05) is 37.7 Å². The van der Waals surface area contributed by atoms with Gasteiger partial charge in [-0.25, -0.2) is 14.8 Å². The van der Waals surface area contributed by atoms with Gasteiger partial charge < -0.3 is 23.8 Å². The number of nitrogens with zero attached hydrogens (tertiary/aromatic N) is 5. The molecule has 2 aromatic heterocycles. The molecule has 2 aliphatic heterocycles. The summed E-state index contributed by atoms with van der Waals surface area (Å²) in [5.74, 6) is 0.951. The standard InChI is InChI=1S/C21H30IN5O3/c1-14-11-25(20(28)30-21(2,3)4)7-8-26(14)18-17-16(22)12-27(19(17)24-13-23-18)15-5-9-29-10-6-15/h12-15H,5-11H2,1-4H3. The van der Waals surface area contributed by atoms with Crippen LogP contribution >= 0.6 is 22.6 Å². The number of rotatable bonds is 2. The number of hydrogen-bond acceptors (Lipinski definition) is 6. The molecule has 2 fully saturated rings. The molecule has 4 heterocycles. The van der Waals surface area contributed by atoms with E-state index in [1.54, 1.807) is 11.2 Å². The first kappa shape index (κ1) is 21.6. The van der Waals surface area contributed by atoms with Crippen LogP contribution in [0.15, 0.2) is 12.5 Å². The van der Waals surface area contributed by atoms with E-state index >= 15 is 0 Å². The van der Waals surface area contributed by atoms with Crippen LogP contribution in [-0.4, -0.2) is 70.0 Å². The molecule has 0 aromatic carbocycles. The molecule has 30 heavy (non-hydrogen) atoms. The number of halogens is 1. The van der Waals surface area contributed by atoms with Crippen molar-refractivity contribution in [2.45, 2.75) is 58.2 Å². The zero-order valence-electron chi connectivity index (χ0n) is 18.1. The molecular formula is C21H30IN5O3. The fourth-order valence-corrected chi connectivity index (χ4v) is 5.03. The van der Waals surface area contributed by atoms with E-state index in [0.29, 0.717) is 25.7 Å². The minimum absolute atomic E-state index is 0.131. The van der Waals surface area contributed by atoms with Crippen LogP contribution in [-0.2, 0) is 9.47 Å². The van der Waals surface area contributed by atoms with Gasteiger partial charge in [0.25, 0.3) is 0 Å². The summed E-state index contributed by atoms with van der Waals surface area (Å²) in [6.07, 6.45) is 5.62. The number of carbonyl (C=O) groups excluding carboxylic acids is 1. The largest absolute Gasteiger partial charge is 0.444 e. The number of piperazine rings is 1. The number of carbonyl (C=O) groups is 1. The zero-order chi connectivity index (χ0) is 21.5. The SMILES string of the molecule is CC1CN(C(=O)OC(C)(C)C)CCN1c1ncnc2c1c(I)cn2C1CCOCC1. The topological polar surface area (TPSA) is 72.7 Å². The predicted molar refractivity (Wildman–Crippen MR) is 124 cm³/mol. The highest BCUT2D eigenvalue weighted by molar-refractivity contribution is 14.1. The highest BCUT2D eigenvalue weighted by atomic mass is 127. The maximum absolute atomic E-state index is 12.5. The van der Waals surface area contributed by atoms with E-state index < -0.39 is 5.60 Å². The smallest absolute Gasteiger partial charge is 0.410 e. The summed E-state index contributed by atoms with van der Waals surface area (Å²) in [5.41, 5.74) is 0.498. The Bertz CT molecular complexity index is 919. The van der Waals surface area contributed by atoms with E-state index in [1.165, 1.54) is 0 Å². The first-order valence-electron chi connectivity index (χ1n) is 10.6. The number of aromatic nitrogens is 3. The summed E-state index contributed by atoms with van der Waals surface area (Å²) in [5, 5.41) is 1.10. The van der Waals surface area contributed by atoms with Gasteiger partial charge in [0.15, 0.2) is 0 Å². The zero-order valence-corrected chi connectivity index (χ0v) is 20.3. The fourth-order valence-electron chi connectivity index (χ4n) is 4.25. The molecule has 1 amide bonds. The normalized spacial score (nSPS) is 21.3. The molecule has 0 aliphatic carbocycles. The molecule has 2 aliphatic rings. The molecule has 9 heteroatoms. The predicted octanol–water partition coefficient (Wildman–Crippen LogP) is 3.83. The van der Waals surface area contributed by atoms with Crippen molar-refractivity contribution in [2.24, 2.45) is 0 Å². The summed E-state index contributed by atoms with van der Waals surface area (Å²) in [4.78, 5) is 25.9. The maximum Gasteiger partial charge on any atom is 0.410 e. The van der Waals surface area contributed by atoms with Crippen molar-refractivity contribution in [3.63, 3.8) is 0 Å². The quantitative estimate of drug-likeness (QED) is 0.553. The molecule has 2 aromatic rings. The molecule has 1 unspecified atom stereocenters. The van der Waals surface area contributed by atoms with Crippen LogP contribution in [0.25, 0.3) is 11.0 Å². The second kappa shape index (κ2) is 8.49. The second-order valence-corrected chi connectivity index (χ2v) is 10.3. The molecular weight excluding hydrogens is 497 g/mol. The van der Waals surface area contributed by atoms with Crippen LogP contribution in [0.4, 0.5) is 10.6 Å². The molecule has 164 valence electrons. The Morgan fingerprint density at radius 1 is 1.23 bits per heavy atom. The van der Waals surface area contributed by atoms with Gasteiger partial charge in [0.1, 0.15) is 23.4 Å². The van der Waals surface area contributed by atoms with E-state index in [-0.39, 0.29) is 12.1 Å². The van der Waals surface area contributed by atoms with E-state index in [1.807, 2.05) is 20.8 Å². The highest BCUT2D eigenvalue weighted by Gasteiger charge is 2.32. The van der Waals surface area contributed by atoms with Crippen LogP contribution < -0.4 is 4.90 Å². The molecule has 0 bridgehead atoms. The Hall–Kier alpha value is -1.62. The third kappa shape index (κ3) is 4.37. The van der Waals surface area contributed by atoms with E-state index in [4.69, 9.17) is 9.47 Å². The third-order valence-corrected chi connectivity index (χ3v) is 6.50. The number of ether oxygens (including phenoxy) is 2. The van der Waals surface area contributed by atoms with Crippen molar-refractivity contribution < 1.29 is 14.3 Å². The summed E-state index contributed by atoms with van der Waals surface area (Å²) < 4.78 is 14.5. The average molecular weight is 527 g/mol. The Morgan fingerprint density at radius 3 is 2.63 bits per heavy atom. The molecule has 0 N–H and O–H groups in total. The van der Waals surface area contributed by atoms with Gasteiger partial charge in [-0.15, -0.1) is 0 Å². The minimum atomic E-state index is -0.487. The lowest BCUT2D eigenvalue weighted by Crippen LogP contribution is -2.54. The molecule has 1 atom stereocenters. The fraction of sp³-hybridized carbons (Fsp3) is 0.667. The van der Waals surface area contributed by atoms with Crippen LogP contribution in [0.5, 0.6) is 0 Å². The number of amides is 1. The third-order valence-electron chi connectivity index (χ3n) is 5.68. The van der Waals surface area contributed by atoms with Gasteiger partial charge in [-0.3, -0.25) is 0 Å². The molecule has 0 spiro atoms. The maximum atomic E-state index is 12.5. The van der Waals surface area contributed by atoms with Crippen molar-refractivity contribution >= 4 is 45.5 Å². The molecule has 2 saturated heterocycles. The minimum Gasteiger partial charge on any atom is -0.444 e. The van der Waals surface area contributed by atoms with Crippen LogP contribution in [0.1, 0.15) is 46.6 Å². The van der Waals surface area contributed by atoms with Gasteiger partial charge in [0, 0.05) is 54.7 Å². The number of anilines is 1. The number of fused-ring (bicyclic) bond motifs is 1. The highest BCUT2D eigenvalue weighted by Crippen LogP contribution is 2.35. The summed E-state index contributed by atoms with van der Waals surface area (Å²) in [6, 6.07) is 0.542. The van der Waals surface area contributed by atoms with Gasteiger partial charge in [-0.1, -0.05) is 0 Å². The van der Waals surface area contributed by atoms with Crippen molar-refractivity contribution in [3.8, 4) is 0 Å². The first-order valence-corrected chi connectivity index (χ1v) is 11.7. The van der Waals surface area contributed by atoms with Gasteiger partial charge in [0.2, 0.25) is 0 Å². The summed E-state index contributed by atoms with van der Waals surface area (Å²) >= 11 is 2.39. The Labute approximate surface area is 191 Å². The van der Waals surface area contributed by atoms with Crippen LogP contribution in [0.2, 0.25) is 0 Å². The van der Waals surface area contributed by atoms with E-state index in [9.17, 15) is 4.79 Å². The van der Waals surface area contributed by atoms with Crippen molar-refractivity contribution in [3.05, 3.63) is 16.1 Å².